The Bertz CT molecular complexity index is 589. The van der Waals surface area contributed by atoms with Gasteiger partial charge in [-0.3, -0.25) is 16.3 Å². The van der Waals surface area contributed by atoms with E-state index in [4.69, 9.17) is 15.3 Å². The summed E-state index contributed by atoms with van der Waals surface area (Å²) >= 11 is 0. The van der Waals surface area contributed by atoms with Crippen LogP contribution < -0.4 is 20.7 Å². The van der Waals surface area contributed by atoms with Gasteiger partial charge < -0.3 is 9.47 Å². The normalized spacial score (nSPS) is 15.3. The molecule has 3 N–H and O–H groups in total. The third-order valence-electron chi connectivity index (χ3n) is 3.54. The molecule has 110 valence electrons. The highest BCUT2D eigenvalue weighted by Gasteiger charge is 2.16. The number of hydrazine groups is 1. The topological polar surface area (TPSA) is 69.4 Å². The Hall–Kier alpha value is -2.11. The van der Waals surface area contributed by atoms with Crippen LogP contribution in [-0.4, -0.2) is 18.2 Å². The van der Waals surface area contributed by atoms with Gasteiger partial charge in [-0.1, -0.05) is 12.1 Å². The zero-order valence-electron chi connectivity index (χ0n) is 11.8. The van der Waals surface area contributed by atoms with Gasteiger partial charge in [0.2, 0.25) is 0 Å². The van der Waals surface area contributed by atoms with Crippen molar-refractivity contribution < 1.29 is 9.47 Å². The number of nitrogens with two attached hydrogens (primary N) is 1. The van der Waals surface area contributed by atoms with Crippen LogP contribution in [0.4, 0.5) is 0 Å². The number of hydrogen-bond donors (Lipinski definition) is 2. The van der Waals surface area contributed by atoms with E-state index >= 15 is 0 Å². The van der Waals surface area contributed by atoms with Crippen LogP contribution in [0.2, 0.25) is 0 Å². The smallest absolute Gasteiger partial charge is 0.161 e. The second kappa shape index (κ2) is 6.56. The molecule has 5 nitrogen and oxygen atoms in total. The zero-order chi connectivity index (χ0) is 14.5. The summed E-state index contributed by atoms with van der Waals surface area (Å²) < 4.78 is 11.4. The maximum absolute atomic E-state index is 5.73. The van der Waals surface area contributed by atoms with E-state index in [0.717, 1.165) is 35.5 Å². The molecule has 0 saturated heterocycles. The molecule has 2 heterocycles. The average Bonchev–Trinajstić information content (AvgIpc) is 2.78. The highest BCUT2D eigenvalue weighted by Crippen LogP contribution is 2.32. The van der Waals surface area contributed by atoms with Crippen molar-refractivity contribution in [3.05, 3.63) is 53.9 Å². The summed E-state index contributed by atoms with van der Waals surface area (Å²) in [7, 11) is 0. The van der Waals surface area contributed by atoms with Crippen molar-refractivity contribution in [3.8, 4) is 11.5 Å². The lowest BCUT2D eigenvalue weighted by Gasteiger charge is -2.18. The number of aromatic nitrogens is 1. The molecule has 3 rings (SSSR count). The van der Waals surface area contributed by atoms with Gasteiger partial charge in [0.1, 0.15) is 0 Å². The van der Waals surface area contributed by atoms with Crippen LogP contribution in [-0.2, 0) is 6.42 Å². The maximum atomic E-state index is 5.73. The monoisotopic (exact) mass is 285 g/mol. The van der Waals surface area contributed by atoms with Crippen LogP contribution in [0.15, 0.2) is 42.7 Å². The van der Waals surface area contributed by atoms with Crippen LogP contribution in [0.3, 0.4) is 0 Å². The van der Waals surface area contributed by atoms with Gasteiger partial charge in [-0.05, 0) is 35.7 Å². The second-order valence-corrected chi connectivity index (χ2v) is 5.04. The molecule has 0 aliphatic carbocycles. The molecule has 1 atom stereocenters. The molecule has 0 fully saturated rings. The third-order valence-corrected chi connectivity index (χ3v) is 3.54. The first kappa shape index (κ1) is 13.9. The molecule has 1 aromatic carbocycles. The standard InChI is InChI=1S/C16H19N3O2/c17-19-14(9-12-3-1-6-18-11-12)13-4-5-15-16(10-13)21-8-2-7-20-15/h1,3-6,10-11,14,19H,2,7-9,17H2. The Morgan fingerprint density at radius 1 is 1.19 bits per heavy atom. The SMILES string of the molecule is NNC(Cc1cccnc1)c1ccc2c(c1)OCCCO2. The number of pyridine rings is 1. The summed E-state index contributed by atoms with van der Waals surface area (Å²) in [6, 6.07) is 9.95. The first-order valence-electron chi connectivity index (χ1n) is 7.11. The van der Waals surface area contributed by atoms with Crippen molar-refractivity contribution in [3.63, 3.8) is 0 Å². The lowest BCUT2D eigenvalue weighted by molar-refractivity contribution is 0.297. The quantitative estimate of drug-likeness (QED) is 0.664. The number of nitrogens with zero attached hydrogens (tertiary/aromatic N) is 1. The van der Waals surface area contributed by atoms with E-state index < -0.39 is 0 Å². The molecule has 1 aliphatic heterocycles. The van der Waals surface area contributed by atoms with E-state index in [9.17, 15) is 0 Å². The number of nitrogens with one attached hydrogen (secondary N) is 1. The second-order valence-electron chi connectivity index (χ2n) is 5.04. The lowest BCUT2D eigenvalue weighted by atomic mass is 10.00. The van der Waals surface area contributed by atoms with Crippen molar-refractivity contribution in [2.24, 2.45) is 5.84 Å². The Kier molecular flexibility index (Phi) is 4.33. The van der Waals surface area contributed by atoms with E-state index in [0.29, 0.717) is 13.2 Å². The lowest BCUT2D eigenvalue weighted by Crippen LogP contribution is -2.29. The maximum Gasteiger partial charge on any atom is 0.161 e. The molecule has 0 saturated carbocycles. The van der Waals surface area contributed by atoms with Gasteiger partial charge in [0.25, 0.3) is 0 Å². The number of hydrogen-bond acceptors (Lipinski definition) is 5. The first-order chi connectivity index (χ1) is 10.4. The van der Waals surface area contributed by atoms with Crippen molar-refractivity contribution in [2.45, 2.75) is 18.9 Å². The van der Waals surface area contributed by atoms with Gasteiger partial charge in [0.05, 0.1) is 19.3 Å². The Morgan fingerprint density at radius 2 is 2.05 bits per heavy atom. The average molecular weight is 285 g/mol. The number of rotatable bonds is 4. The predicted octanol–water partition coefficient (Wildman–Crippen LogP) is 1.99. The van der Waals surface area contributed by atoms with Crippen LogP contribution in [0.1, 0.15) is 23.6 Å². The van der Waals surface area contributed by atoms with Crippen molar-refractivity contribution >= 4 is 0 Å². The molecule has 1 aliphatic rings. The van der Waals surface area contributed by atoms with Crippen LogP contribution in [0, 0.1) is 0 Å². The summed E-state index contributed by atoms with van der Waals surface area (Å²) in [6.07, 6.45) is 5.29. The summed E-state index contributed by atoms with van der Waals surface area (Å²) in [5, 5.41) is 0. The molecule has 1 aromatic heterocycles. The van der Waals surface area contributed by atoms with Crippen molar-refractivity contribution in [1.29, 1.82) is 0 Å². The minimum Gasteiger partial charge on any atom is -0.490 e. The van der Waals surface area contributed by atoms with Gasteiger partial charge in [-0.15, -0.1) is 0 Å². The van der Waals surface area contributed by atoms with Crippen molar-refractivity contribution in [2.75, 3.05) is 13.2 Å². The Morgan fingerprint density at radius 3 is 2.81 bits per heavy atom. The fourth-order valence-corrected chi connectivity index (χ4v) is 2.42. The molecule has 1 unspecified atom stereocenters. The minimum atomic E-state index is 0.00588. The molecule has 0 spiro atoms. The fourth-order valence-electron chi connectivity index (χ4n) is 2.42. The summed E-state index contributed by atoms with van der Waals surface area (Å²) in [5.41, 5.74) is 5.07. The highest BCUT2D eigenvalue weighted by molar-refractivity contribution is 5.44. The summed E-state index contributed by atoms with van der Waals surface area (Å²) in [4.78, 5) is 4.14. The minimum absolute atomic E-state index is 0.00588. The summed E-state index contributed by atoms with van der Waals surface area (Å²) in [6.45, 7) is 1.38. The first-order valence-corrected chi connectivity index (χ1v) is 7.11. The fraction of sp³-hybridized carbons (Fsp3) is 0.312. The van der Waals surface area contributed by atoms with Crippen LogP contribution in [0.25, 0.3) is 0 Å². The Balaban J connectivity index is 1.82. The molecular formula is C16H19N3O2. The van der Waals surface area contributed by atoms with E-state index in [1.807, 2.05) is 36.5 Å². The number of benzene rings is 1. The third kappa shape index (κ3) is 3.32. The molecule has 0 radical (unpaired) electrons. The van der Waals surface area contributed by atoms with E-state index in [1.54, 1.807) is 6.20 Å². The van der Waals surface area contributed by atoms with Gasteiger partial charge in [-0.2, -0.15) is 0 Å². The molecule has 0 amide bonds. The molecule has 2 aromatic rings. The zero-order valence-corrected chi connectivity index (χ0v) is 11.8. The number of fused-ring (bicyclic) bond motifs is 1. The van der Waals surface area contributed by atoms with Gasteiger partial charge in [0.15, 0.2) is 11.5 Å². The van der Waals surface area contributed by atoms with Gasteiger partial charge in [0, 0.05) is 18.8 Å². The molecule has 5 heteroatoms. The highest BCUT2D eigenvalue weighted by atomic mass is 16.5. The largest absolute Gasteiger partial charge is 0.490 e. The van der Waals surface area contributed by atoms with E-state index in [-0.39, 0.29) is 6.04 Å². The summed E-state index contributed by atoms with van der Waals surface area (Å²) in [5.74, 6) is 7.30. The van der Waals surface area contributed by atoms with E-state index in [1.165, 1.54) is 0 Å². The van der Waals surface area contributed by atoms with Gasteiger partial charge >= 0.3 is 0 Å². The van der Waals surface area contributed by atoms with Crippen LogP contribution >= 0.6 is 0 Å². The Labute approximate surface area is 124 Å². The van der Waals surface area contributed by atoms with Crippen LogP contribution in [0.5, 0.6) is 11.5 Å². The van der Waals surface area contributed by atoms with Gasteiger partial charge in [-0.25, -0.2) is 0 Å². The molecule has 0 bridgehead atoms. The predicted molar refractivity (Wildman–Crippen MR) is 80.1 cm³/mol. The van der Waals surface area contributed by atoms with Crippen molar-refractivity contribution in [1.82, 2.24) is 10.4 Å². The number of ether oxygens (including phenoxy) is 2. The molecular weight excluding hydrogens is 266 g/mol. The molecule has 21 heavy (non-hydrogen) atoms. The van der Waals surface area contributed by atoms with E-state index in [2.05, 4.69) is 10.4 Å².